The van der Waals surface area contributed by atoms with Crippen molar-refractivity contribution in [3.8, 4) is 17.0 Å². The van der Waals surface area contributed by atoms with Crippen molar-refractivity contribution in [1.82, 2.24) is 15.0 Å². The summed E-state index contributed by atoms with van der Waals surface area (Å²) >= 11 is 0. The van der Waals surface area contributed by atoms with Gasteiger partial charge in [-0.1, -0.05) is 13.3 Å². The van der Waals surface area contributed by atoms with Crippen molar-refractivity contribution in [3.63, 3.8) is 0 Å². The number of aromatic nitrogens is 3. The summed E-state index contributed by atoms with van der Waals surface area (Å²) in [5, 5.41) is 0. The molecule has 0 radical (unpaired) electrons. The number of methoxy groups -OCH3 is 1. The van der Waals surface area contributed by atoms with Crippen LogP contribution in [0, 0.1) is 0 Å². The monoisotopic (exact) mass is 322 g/mol. The van der Waals surface area contributed by atoms with Gasteiger partial charge in [-0.25, -0.2) is 15.0 Å². The van der Waals surface area contributed by atoms with Crippen LogP contribution in [-0.2, 0) is 6.42 Å². The normalized spacial score (nSPS) is 10.8. The molecule has 0 aliphatic rings. The van der Waals surface area contributed by atoms with Crippen LogP contribution in [0.15, 0.2) is 30.3 Å². The fourth-order valence-electron chi connectivity index (χ4n) is 2.65. The van der Waals surface area contributed by atoms with Crippen molar-refractivity contribution < 1.29 is 9.53 Å². The van der Waals surface area contributed by atoms with Crippen LogP contribution < -0.4 is 10.5 Å². The summed E-state index contributed by atoms with van der Waals surface area (Å²) in [4.78, 5) is 24.4. The molecule has 0 unspecified atom stereocenters. The molecule has 2 N–H and O–H groups in total. The van der Waals surface area contributed by atoms with Crippen molar-refractivity contribution >= 4 is 23.3 Å². The molecule has 0 fully saturated rings. The zero-order valence-electron chi connectivity index (χ0n) is 13.6. The van der Waals surface area contributed by atoms with Gasteiger partial charge in [0.25, 0.3) is 0 Å². The average Bonchev–Trinajstić information content (AvgIpc) is 2.61. The largest absolute Gasteiger partial charge is 0.496 e. The number of nitrogens with two attached hydrogens (primary N) is 1. The van der Waals surface area contributed by atoms with Gasteiger partial charge in [-0.2, -0.15) is 0 Å². The van der Waals surface area contributed by atoms with E-state index in [9.17, 15) is 4.79 Å². The number of aryl methyl sites for hydroxylation is 1. The fourth-order valence-corrected chi connectivity index (χ4v) is 2.65. The first-order chi connectivity index (χ1) is 11.7. The number of fused-ring (bicyclic) bond motifs is 1. The van der Waals surface area contributed by atoms with Gasteiger partial charge in [-0.15, -0.1) is 0 Å². The number of rotatable bonds is 5. The van der Waals surface area contributed by atoms with Crippen LogP contribution >= 0.6 is 0 Å². The molecule has 0 spiro atoms. The molecule has 0 aliphatic heterocycles. The van der Waals surface area contributed by atoms with E-state index < -0.39 is 0 Å². The Morgan fingerprint density at radius 3 is 2.71 bits per heavy atom. The van der Waals surface area contributed by atoms with Gasteiger partial charge in [0.2, 0.25) is 5.95 Å². The van der Waals surface area contributed by atoms with Crippen LogP contribution in [0.2, 0.25) is 0 Å². The lowest BCUT2D eigenvalue weighted by atomic mass is 10.1. The lowest BCUT2D eigenvalue weighted by Crippen LogP contribution is -2.03. The summed E-state index contributed by atoms with van der Waals surface area (Å²) in [6, 6.07) is 8.94. The molecule has 2 aromatic heterocycles. The molecule has 6 heteroatoms. The first-order valence-electron chi connectivity index (χ1n) is 7.73. The summed E-state index contributed by atoms with van der Waals surface area (Å²) < 4.78 is 5.40. The van der Waals surface area contributed by atoms with E-state index in [4.69, 9.17) is 15.5 Å². The maximum absolute atomic E-state index is 11.1. The Kier molecular flexibility index (Phi) is 4.37. The molecule has 0 saturated heterocycles. The number of pyridine rings is 1. The number of carbonyl (C=O) groups is 1. The number of hydrogen-bond acceptors (Lipinski definition) is 6. The molecule has 2 heterocycles. The van der Waals surface area contributed by atoms with E-state index in [1.807, 2.05) is 12.1 Å². The molecule has 0 atom stereocenters. The summed E-state index contributed by atoms with van der Waals surface area (Å²) in [6.45, 7) is 2.07. The Balaban J connectivity index is 2.22. The quantitative estimate of drug-likeness (QED) is 0.726. The summed E-state index contributed by atoms with van der Waals surface area (Å²) in [7, 11) is 1.59. The van der Waals surface area contributed by atoms with Gasteiger partial charge in [0.05, 0.1) is 24.0 Å². The van der Waals surface area contributed by atoms with Gasteiger partial charge in [-0.05, 0) is 36.8 Å². The SMILES string of the molecule is CCCc1nc(N)nc2ccc(-c3cc(C=O)ccc3OC)nc12. The Hall–Kier alpha value is -3.02. The predicted octanol–water partition coefficient (Wildman–Crippen LogP) is 3.05. The van der Waals surface area contributed by atoms with Gasteiger partial charge in [0.1, 0.15) is 17.6 Å². The third kappa shape index (κ3) is 2.90. The van der Waals surface area contributed by atoms with Crippen LogP contribution in [0.3, 0.4) is 0 Å². The second kappa shape index (κ2) is 6.62. The van der Waals surface area contributed by atoms with E-state index in [1.54, 1.807) is 25.3 Å². The third-order valence-corrected chi connectivity index (χ3v) is 3.75. The summed E-state index contributed by atoms with van der Waals surface area (Å²) in [5.41, 5.74) is 10.1. The standard InChI is InChI=1S/C18H18N4O2/c1-3-4-14-17-15(22-18(19)21-14)7-6-13(20-17)12-9-11(10-23)5-8-16(12)24-2/h5-10H,3-4H2,1-2H3,(H2,19,21,22). The minimum Gasteiger partial charge on any atom is -0.496 e. The number of nitrogens with zero attached hydrogens (tertiary/aromatic N) is 3. The molecule has 0 amide bonds. The Morgan fingerprint density at radius 1 is 1.17 bits per heavy atom. The molecule has 0 saturated carbocycles. The minimum absolute atomic E-state index is 0.251. The van der Waals surface area contributed by atoms with E-state index in [2.05, 4.69) is 16.9 Å². The molecule has 6 nitrogen and oxygen atoms in total. The highest BCUT2D eigenvalue weighted by molar-refractivity contribution is 5.84. The van der Waals surface area contributed by atoms with Crippen LogP contribution in [0.25, 0.3) is 22.3 Å². The number of anilines is 1. The molecular formula is C18H18N4O2. The smallest absolute Gasteiger partial charge is 0.220 e. The number of nitrogen functional groups attached to an aromatic ring is 1. The highest BCUT2D eigenvalue weighted by atomic mass is 16.5. The molecule has 3 aromatic rings. The van der Waals surface area contributed by atoms with Gasteiger partial charge in [-0.3, -0.25) is 4.79 Å². The number of ether oxygens (including phenoxy) is 1. The molecule has 122 valence electrons. The fraction of sp³-hybridized carbons (Fsp3) is 0.222. The van der Waals surface area contributed by atoms with Gasteiger partial charge >= 0.3 is 0 Å². The number of aldehydes is 1. The van der Waals surface area contributed by atoms with Gasteiger partial charge in [0, 0.05) is 11.1 Å². The molecule has 1 aromatic carbocycles. The molecule has 24 heavy (non-hydrogen) atoms. The van der Waals surface area contributed by atoms with Crippen LogP contribution in [0.1, 0.15) is 29.4 Å². The lowest BCUT2D eigenvalue weighted by molar-refractivity contribution is 0.112. The number of carbonyl (C=O) groups excluding carboxylic acids is 1. The Morgan fingerprint density at radius 2 is 2.00 bits per heavy atom. The Bertz CT molecular complexity index is 909. The topological polar surface area (TPSA) is 91.0 Å². The van der Waals surface area contributed by atoms with Crippen molar-refractivity contribution in [3.05, 3.63) is 41.6 Å². The van der Waals surface area contributed by atoms with Crippen LogP contribution in [0.5, 0.6) is 5.75 Å². The maximum Gasteiger partial charge on any atom is 0.220 e. The second-order valence-corrected chi connectivity index (χ2v) is 5.42. The van der Waals surface area contributed by atoms with Gasteiger partial charge in [0.15, 0.2) is 0 Å². The zero-order chi connectivity index (χ0) is 17.1. The van der Waals surface area contributed by atoms with E-state index in [1.165, 1.54) is 0 Å². The second-order valence-electron chi connectivity index (χ2n) is 5.42. The molecule has 0 aliphatic carbocycles. The van der Waals surface area contributed by atoms with Crippen molar-refractivity contribution in [1.29, 1.82) is 0 Å². The number of hydrogen-bond donors (Lipinski definition) is 1. The van der Waals surface area contributed by atoms with Crippen LogP contribution in [0.4, 0.5) is 5.95 Å². The average molecular weight is 322 g/mol. The number of benzene rings is 1. The van der Waals surface area contributed by atoms with E-state index in [0.29, 0.717) is 22.5 Å². The molecular weight excluding hydrogens is 304 g/mol. The van der Waals surface area contributed by atoms with E-state index >= 15 is 0 Å². The summed E-state index contributed by atoms with van der Waals surface area (Å²) in [6.07, 6.45) is 2.50. The van der Waals surface area contributed by atoms with Crippen molar-refractivity contribution in [2.24, 2.45) is 0 Å². The lowest BCUT2D eigenvalue weighted by Gasteiger charge is -2.11. The summed E-state index contributed by atoms with van der Waals surface area (Å²) in [5.74, 6) is 0.905. The van der Waals surface area contributed by atoms with E-state index in [0.717, 1.165) is 35.9 Å². The first kappa shape index (κ1) is 15.9. The van der Waals surface area contributed by atoms with Crippen LogP contribution in [-0.4, -0.2) is 28.3 Å². The maximum atomic E-state index is 11.1. The van der Waals surface area contributed by atoms with E-state index in [-0.39, 0.29) is 5.95 Å². The molecule has 3 rings (SSSR count). The Labute approximate surface area is 139 Å². The molecule has 0 bridgehead atoms. The zero-order valence-corrected chi connectivity index (χ0v) is 13.6. The highest BCUT2D eigenvalue weighted by Crippen LogP contribution is 2.31. The minimum atomic E-state index is 0.251. The van der Waals surface area contributed by atoms with Gasteiger partial charge < -0.3 is 10.5 Å². The predicted molar refractivity (Wildman–Crippen MR) is 93.1 cm³/mol. The van der Waals surface area contributed by atoms with Crippen molar-refractivity contribution in [2.75, 3.05) is 12.8 Å². The highest BCUT2D eigenvalue weighted by Gasteiger charge is 2.13. The third-order valence-electron chi connectivity index (χ3n) is 3.75. The first-order valence-corrected chi connectivity index (χ1v) is 7.73. The van der Waals surface area contributed by atoms with Crippen molar-refractivity contribution in [2.45, 2.75) is 19.8 Å².